The summed E-state index contributed by atoms with van der Waals surface area (Å²) in [5.41, 5.74) is 0.374. The molecule has 0 radical (unpaired) electrons. The molecule has 0 bridgehead atoms. The quantitative estimate of drug-likeness (QED) is 0.865. The Kier molecular flexibility index (Phi) is 4.40. The van der Waals surface area contributed by atoms with Crippen molar-refractivity contribution in [2.24, 2.45) is 0 Å². The van der Waals surface area contributed by atoms with E-state index in [1.807, 2.05) is 24.3 Å². The van der Waals surface area contributed by atoms with E-state index in [1.165, 1.54) is 0 Å². The number of hydrogen-bond acceptors (Lipinski definition) is 3. The van der Waals surface area contributed by atoms with Crippen molar-refractivity contribution in [3.63, 3.8) is 0 Å². The Morgan fingerprint density at radius 2 is 2.12 bits per heavy atom. The fraction of sp³-hybridized carbons (Fsp3) is 0.538. The van der Waals surface area contributed by atoms with Crippen LogP contribution in [0.1, 0.15) is 18.4 Å². The van der Waals surface area contributed by atoms with E-state index in [0.29, 0.717) is 18.2 Å². The number of ether oxygens (including phenoxy) is 1. The minimum Gasteiger partial charge on any atom is -0.387 e. The molecule has 1 heterocycles. The molecule has 1 aromatic rings. The van der Waals surface area contributed by atoms with Crippen LogP contribution in [-0.2, 0) is 11.3 Å². The van der Waals surface area contributed by atoms with Crippen LogP contribution < -0.4 is 5.32 Å². The summed E-state index contributed by atoms with van der Waals surface area (Å²) in [6.07, 6.45) is 1.51. The molecule has 0 aliphatic carbocycles. The van der Waals surface area contributed by atoms with Gasteiger partial charge in [-0.1, -0.05) is 23.7 Å². The molecule has 1 saturated heterocycles. The summed E-state index contributed by atoms with van der Waals surface area (Å²) in [4.78, 5) is 0. The van der Waals surface area contributed by atoms with E-state index in [-0.39, 0.29) is 0 Å². The summed E-state index contributed by atoms with van der Waals surface area (Å²) in [6.45, 7) is 2.60. The first kappa shape index (κ1) is 12.8. The van der Waals surface area contributed by atoms with Crippen molar-refractivity contribution in [2.45, 2.75) is 25.0 Å². The predicted octanol–water partition coefficient (Wildman–Crippen LogP) is 1.97. The lowest BCUT2D eigenvalue weighted by molar-refractivity contribution is -0.0687. The Morgan fingerprint density at radius 1 is 1.35 bits per heavy atom. The summed E-state index contributed by atoms with van der Waals surface area (Å²) < 4.78 is 5.58. The van der Waals surface area contributed by atoms with Crippen LogP contribution in [0.3, 0.4) is 0 Å². The van der Waals surface area contributed by atoms with E-state index in [4.69, 9.17) is 16.3 Å². The van der Waals surface area contributed by atoms with Crippen molar-refractivity contribution in [2.75, 3.05) is 19.7 Å². The molecular formula is C13H18ClNO2. The van der Waals surface area contributed by atoms with Gasteiger partial charge < -0.3 is 15.2 Å². The Morgan fingerprint density at radius 3 is 2.82 bits per heavy atom. The van der Waals surface area contributed by atoms with Crippen LogP contribution in [0.15, 0.2) is 24.3 Å². The second kappa shape index (κ2) is 5.83. The third kappa shape index (κ3) is 3.96. The SMILES string of the molecule is OC1(COCc2cccc(Cl)c2)CCNCC1. The molecule has 3 nitrogen and oxygen atoms in total. The number of rotatable bonds is 4. The summed E-state index contributed by atoms with van der Waals surface area (Å²) in [6, 6.07) is 7.60. The highest BCUT2D eigenvalue weighted by Gasteiger charge is 2.29. The molecule has 0 amide bonds. The predicted molar refractivity (Wildman–Crippen MR) is 68.2 cm³/mol. The Balaban J connectivity index is 1.79. The normalized spacial score (nSPS) is 19.2. The average Bonchev–Trinajstić information content (AvgIpc) is 2.30. The summed E-state index contributed by atoms with van der Waals surface area (Å²) in [7, 11) is 0. The van der Waals surface area contributed by atoms with Crippen molar-refractivity contribution < 1.29 is 9.84 Å². The number of aliphatic hydroxyl groups is 1. The molecular weight excluding hydrogens is 238 g/mol. The number of halogens is 1. The van der Waals surface area contributed by atoms with E-state index in [9.17, 15) is 5.11 Å². The van der Waals surface area contributed by atoms with Gasteiger partial charge in [-0.3, -0.25) is 0 Å². The lowest BCUT2D eigenvalue weighted by Gasteiger charge is -2.32. The molecule has 1 fully saturated rings. The van der Waals surface area contributed by atoms with Crippen LogP contribution in [0.5, 0.6) is 0 Å². The molecule has 94 valence electrons. The molecule has 17 heavy (non-hydrogen) atoms. The van der Waals surface area contributed by atoms with Crippen LogP contribution in [0.2, 0.25) is 5.02 Å². The van der Waals surface area contributed by atoms with Crippen LogP contribution in [0, 0.1) is 0 Å². The monoisotopic (exact) mass is 255 g/mol. The zero-order valence-electron chi connectivity index (χ0n) is 9.79. The van der Waals surface area contributed by atoms with Gasteiger partial charge in [0.05, 0.1) is 18.8 Å². The third-order valence-electron chi connectivity index (χ3n) is 3.06. The van der Waals surface area contributed by atoms with Crippen molar-refractivity contribution >= 4 is 11.6 Å². The molecule has 0 aromatic heterocycles. The Bertz CT molecular complexity index is 364. The largest absolute Gasteiger partial charge is 0.387 e. The van der Waals surface area contributed by atoms with Gasteiger partial charge in [0, 0.05) is 5.02 Å². The minimum atomic E-state index is -0.663. The summed E-state index contributed by atoms with van der Waals surface area (Å²) >= 11 is 5.89. The van der Waals surface area contributed by atoms with Crippen LogP contribution in [0.25, 0.3) is 0 Å². The molecule has 2 rings (SSSR count). The number of nitrogens with one attached hydrogen (secondary N) is 1. The van der Waals surface area contributed by atoms with Crippen molar-refractivity contribution in [3.05, 3.63) is 34.9 Å². The van der Waals surface area contributed by atoms with Crippen LogP contribution in [0.4, 0.5) is 0 Å². The lowest BCUT2D eigenvalue weighted by Crippen LogP contribution is -2.45. The van der Waals surface area contributed by atoms with Gasteiger partial charge in [-0.25, -0.2) is 0 Å². The fourth-order valence-corrected chi connectivity index (χ4v) is 2.23. The van der Waals surface area contributed by atoms with E-state index in [0.717, 1.165) is 31.5 Å². The van der Waals surface area contributed by atoms with E-state index in [2.05, 4.69) is 5.32 Å². The van der Waals surface area contributed by atoms with Gasteiger partial charge in [0.2, 0.25) is 0 Å². The third-order valence-corrected chi connectivity index (χ3v) is 3.30. The molecule has 1 aliphatic rings. The van der Waals surface area contributed by atoms with Gasteiger partial charge in [0.15, 0.2) is 0 Å². The summed E-state index contributed by atoms with van der Waals surface area (Å²) in [5, 5.41) is 14.1. The molecule has 0 atom stereocenters. The van der Waals surface area contributed by atoms with Gasteiger partial charge in [-0.2, -0.15) is 0 Å². The Labute approximate surface area is 107 Å². The molecule has 2 N–H and O–H groups in total. The first-order valence-corrected chi connectivity index (χ1v) is 6.31. The summed E-state index contributed by atoms with van der Waals surface area (Å²) in [5.74, 6) is 0. The van der Waals surface area contributed by atoms with Crippen LogP contribution >= 0.6 is 11.6 Å². The molecule has 0 unspecified atom stereocenters. The van der Waals surface area contributed by atoms with Crippen LogP contribution in [-0.4, -0.2) is 30.4 Å². The first-order valence-electron chi connectivity index (χ1n) is 5.93. The van der Waals surface area contributed by atoms with E-state index < -0.39 is 5.60 Å². The fourth-order valence-electron chi connectivity index (χ4n) is 2.02. The topological polar surface area (TPSA) is 41.5 Å². The zero-order valence-corrected chi connectivity index (χ0v) is 10.5. The smallest absolute Gasteiger partial charge is 0.0904 e. The maximum Gasteiger partial charge on any atom is 0.0904 e. The minimum absolute atomic E-state index is 0.390. The highest BCUT2D eigenvalue weighted by Crippen LogP contribution is 2.19. The first-order chi connectivity index (χ1) is 8.18. The van der Waals surface area contributed by atoms with Crippen molar-refractivity contribution in [1.82, 2.24) is 5.32 Å². The van der Waals surface area contributed by atoms with Gasteiger partial charge in [-0.05, 0) is 43.6 Å². The molecule has 0 saturated carbocycles. The number of benzene rings is 1. The van der Waals surface area contributed by atoms with Gasteiger partial charge in [-0.15, -0.1) is 0 Å². The number of piperidine rings is 1. The van der Waals surface area contributed by atoms with Crippen molar-refractivity contribution in [1.29, 1.82) is 0 Å². The molecule has 0 spiro atoms. The molecule has 4 heteroatoms. The van der Waals surface area contributed by atoms with E-state index in [1.54, 1.807) is 0 Å². The maximum absolute atomic E-state index is 10.2. The standard InChI is InChI=1S/C13H18ClNO2/c14-12-3-1-2-11(8-12)9-17-10-13(16)4-6-15-7-5-13/h1-3,8,15-16H,4-7,9-10H2. The lowest BCUT2D eigenvalue weighted by atomic mass is 9.94. The number of hydrogen-bond donors (Lipinski definition) is 2. The zero-order chi connectivity index (χ0) is 12.1. The molecule has 1 aromatic carbocycles. The van der Waals surface area contributed by atoms with E-state index >= 15 is 0 Å². The van der Waals surface area contributed by atoms with Gasteiger partial charge in [0.1, 0.15) is 0 Å². The second-order valence-electron chi connectivity index (χ2n) is 4.60. The van der Waals surface area contributed by atoms with Gasteiger partial charge >= 0.3 is 0 Å². The second-order valence-corrected chi connectivity index (χ2v) is 5.03. The average molecular weight is 256 g/mol. The Hall–Kier alpha value is -0.610. The highest BCUT2D eigenvalue weighted by atomic mass is 35.5. The van der Waals surface area contributed by atoms with Crippen molar-refractivity contribution in [3.8, 4) is 0 Å². The molecule has 1 aliphatic heterocycles. The van der Waals surface area contributed by atoms with Gasteiger partial charge in [0.25, 0.3) is 0 Å². The maximum atomic E-state index is 10.2. The highest BCUT2D eigenvalue weighted by molar-refractivity contribution is 6.30.